The van der Waals surface area contributed by atoms with Gasteiger partial charge in [0.1, 0.15) is 0 Å². The molecular formula is C23H30N2O2. The van der Waals surface area contributed by atoms with E-state index in [-0.39, 0.29) is 11.8 Å². The molecule has 27 heavy (non-hydrogen) atoms. The van der Waals surface area contributed by atoms with Crippen LogP contribution < -0.4 is 10.6 Å². The molecule has 0 fully saturated rings. The molecule has 0 aliphatic carbocycles. The largest absolute Gasteiger partial charge is 0.326 e. The van der Waals surface area contributed by atoms with Gasteiger partial charge in [0.25, 0.3) is 0 Å². The van der Waals surface area contributed by atoms with Crippen molar-refractivity contribution in [2.24, 2.45) is 0 Å². The molecule has 0 radical (unpaired) electrons. The molecule has 0 aliphatic heterocycles. The van der Waals surface area contributed by atoms with Gasteiger partial charge in [-0.1, -0.05) is 50.2 Å². The van der Waals surface area contributed by atoms with E-state index in [0.717, 1.165) is 46.5 Å². The summed E-state index contributed by atoms with van der Waals surface area (Å²) < 4.78 is 0. The third-order valence-corrected chi connectivity index (χ3v) is 4.82. The molecule has 0 aliphatic rings. The zero-order valence-corrected chi connectivity index (χ0v) is 16.8. The lowest BCUT2D eigenvalue weighted by Gasteiger charge is -2.14. The van der Waals surface area contributed by atoms with Gasteiger partial charge >= 0.3 is 0 Å². The quantitative estimate of drug-likeness (QED) is 0.676. The normalized spacial score (nSPS) is 10.5. The Balaban J connectivity index is 1.86. The van der Waals surface area contributed by atoms with Crippen molar-refractivity contribution >= 4 is 23.2 Å². The van der Waals surface area contributed by atoms with Crippen LogP contribution in [0.4, 0.5) is 11.4 Å². The van der Waals surface area contributed by atoms with Gasteiger partial charge in [-0.05, 0) is 55.4 Å². The van der Waals surface area contributed by atoms with Gasteiger partial charge in [0.15, 0.2) is 0 Å². The van der Waals surface area contributed by atoms with Crippen molar-refractivity contribution in [3.05, 3.63) is 58.7 Å². The van der Waals surface area contributed by atoms with Crippen LogP contribution in [0.3, 0.4) is 0 Å². The van der Waals surface area contributed by atoms with Gasteiger partial charge in [-0.3, -0.25) is 9.59 Å². The van der Waals surface area contributed by atoms with Gasteiger partial charge in [-0.2, -0.15) is 0 Å². The van der Waals surface area contributed by atoms with Crippen LogP contribution in [0.15, 0.2) is 36.4 Å². The zero-order valence-electron chi connectivity index (χ0n) is 16.8. The minimum atomic E-state index is -0.0445. The van der Waals surface area contributed by atoms with E-state index in [0.29, 0.717) is 19.3 Å². The average molecular weight is 367 g/mol. The average Bonchev–Trinajstić information content (AvgIpc) is 2.65. The van der Waals surface area contributed by atoms with E-state index in [4.69, 9.17) is 0 Å². The van der Waals surface area contributed by atoms with E-state index < -0.39 is 0 Å². The maximum Gasteiger partial charge on any atom is 0.224 e. The van der Waals surface area contributed by atoms with Gasteiger partial charge in [-0.25, -0.2) is 0 Å². The summed E-state index contributed by atoms with van der Waals surface area (Å²) in [5.74, 6) is -0.0890. The van der Waals surface area contributed by atoms with Crippen LogP contribution in [-0.2, 0) is 22.4 Å². The van der Waals surface area contributed by atoms with Crippen molar-refractivity contribution in [2.75, 3.05) is 10.6 Å². The monoisotopic (exact) mass is 366 g/mol. The molecule has 0 unspecified atom stereocenters. The molecule has 2 N–H and O–H groups in total. The van der Waals surface area contributed by atoms with Crippen LogP contribution in [0.5, 0.6) is 0 Å². The van der Waals surface area contributed by atoms with Gasteiger partial charge in [0.05, 0.1) is 0 Å². The summed E-state index contributed by atoms with van der Waals surface area (Å²) in [6, 6.07) is 12.1. The van der Waals surface area contributed by atoms with Crippen molar-refractivity contribution < 1.29 is 9.59 Å². The maximum absolute atomic E-state index is 12.3. The van der Waals surface area contributed by atoms with Crippen molar-refractivity contribution in [1.29, 1.82) is 0 Å². The Morgan fingerprint density at radius 2 is 1.15 bits per heavy atom. The first kappa shape index (κ1) is 20.7. The second-order valence-corrected chi connectivity index (χ2v) is 6.88. The number of aryl methyl sites for hydroxylation is 4. The highest BCUT2D eigenvalue weighted by Gasteiger charge is 2.11. The lowest BCUT2D eigenvalue weighted by molar-refractivity contribution is -0.117. The lowest BCUT2D eigenvalue weighted by Crippen LogP contribution is -2.17. The Morgan fingerprint density at radius 3 is 1.52 bits per heavy atom. The number of hydrogen-bond donors (Lipinski definition) is 2. The Morgan fingerprint density at radius 1 is 0.741 bits per heavy atom. The first-order chi connectivity index (χ1) is 13.0. The predicted octanol–water partition coefficient (Wildman–Crippen LogP) is 5.18. The van der Waals surface area contributed by atoms with Crippen molar-refractivity contribution in [3.63, 3.8) is 0 Å². The van der Waals surface area contributed by atoms with E-state index in [1.165, 1.54) is 0 Å². The van der Waals surface area contributed by atoms with E-state index >= 15 is 0 Å². The lowest BCUT2D eigenvalue weighted by atomic mass is 10.1. The fourth-order valence-electron chi connectivity index (χ4n) is 3.22. The summed E-state index contributed by atoms with van der Waals surface area (Å²) in [6.07, 6.45) is 2.93. The zero-order chi connectivity index (χ0) is 19.8. The smallest absolute Gasteiger partial charge is 0.224 e. The van der Waals surface area contributed by atoms with Gasteiger partial charge in [0.2, 0.25) is 11.8 Å². The molecule has 2 rings (SSSR count). The number of amides is 2. The molecule has 0 saturated carbocycles. The highest BCUT2D eigenvalue weighted by molar-refractivity contribution is 5.94. The van der Waals surface area contributed by atoms with E-state index in [9.17, 15) is 9.59 Å². The highest BCUT2D eigenvalue weighted by atomic mass is 16.2. The molecule has 0 saturated heterocycles. The van der Waals surface area contributed by atoms with Crippen LogP contribution in [0.2, 0.25) is 0 Å². The molecule has 4 heteroatoms. The van der Waals surface area contributed by atoms with Crippen molar-refractivity contribution in [2.45, 2.75) is 59.8 Å². The van der Waals surface area contributed by atoms with Crippen molar-refractivity contribution in [1.82, 2.24) is 0 Å². The molecule has 0 bridgehead atoms. The Bertz CT molecular complexity index is 745. The maximum atomic E-state index is 12.3. The van der Waals surface area contributed by atoms with Gasteiger partial charge < -0.3 is 10.6 Å². The Hall–Kier alpha value is -2.62. The number of hydrogen-bond acceptors (Lipinski definition) is 2. The summed E-state index contributed by atoms with van der Waals surface area (Å²) >= 11 is 0. The molecule has 2 aromatic rings. The predicted molar refractivity (Wildman–Crippen MR) is 112 cm³/mol. The minimum absolute atomic E-state index is 0.0445. The summed E-state index contributed by atoms with van der Waals surface area (Å²) in [7, 11) is 0. The summed E-state index contributed by atoms with van der Waals surface area (Å²) in [4.78, 5) is 24.6. The first-order valence-corrected chi connectivity index (χ1v) is 9.72. The standard InChI is InChI=1S/C23H30N2O2/c1-5-18-12-7-10-16(3)22(18)24-20(26)14-9-15-21(27)25-23-17(4)11-8-13-19(23)6-2/h7-8,10-13H,5-6,9,14-15H2,1-4H3,(H,24,26)(H,25,27). The second-order valence-electron chi connectivity index (χ2n) is 6.88. The van der Waals surface area contributed by atoms with Gasteiger partial charge in [0, 0.05) is 24.2 Å². The minimum Gasteiger partial charge on any atom is -0.326 e. The molecule has 2 amide bonds. The van der Waals surface area contributed by atoms with Crippen LogP contribution in [0.1, 0.15) is 55.4 Å². The highest BCUT2D eigenvalue weighted by Crippen LogP contribution is 2.22. The number of rotatable bonds is 8. The Kier molecular flexibility index (Phi) is 7.59. The van der Waals surface area contributed by atoms with E-state index in [1.54, 1.807) is 0 Å². The summed E-state index contributed by atoms with van der Waals surface area (Å²) in [5, 5.41) is 6.02. The topological polar surface area (TPSA) is 58.2 Å². The second kappa shape index (κ2) is 9.91. The number of carbonyl (C=O) groups excluding carboxylic acids is 2. The van der Waals surface area contributed by atoms with Crippen LogP contribution in [0.25, 0.3) is 0 Å². The molecular weight excluding hydrogens is 336 g/mol. The number of anilines is 2. The molecule has 2 aromatic carbocycles. The number of benzene rings is 2. The molecule has 0 spiro atoms. The van der Waals surface area contributed by atoms with Gasteiger partial charge in [-0.15, -0.1) is 0 Å². The number of para-hydroxylation sites is 2. The fraction of sp³-hybridized carbons (Fsp3) is 0.391. The fourth-order valence-corrected chi connectivity index (χ4v) is 3.22. The molecule has 144 valence electrons. The third kappa shape index (κ3) is 5.68. The van der Waals surface area contributed by atoms with Crippen LogP contribution in [0, 0.1) is 13.8 Å². The Labute approximate surface area is 162 Å². The molecule has 0 atom stereocenters. The first-order valence-electron chi connectivity index (χ1n) is 9.72. The molecule has 0 aromatic heterocycles. The van der Waals surface area contributed by atoms with Crippen molar-refractivity contribution in [3.8, 4) is 0 Å². The summed E-state index contributed by atoms with van der Waals surface area (Å²) in [6.45, 7) is 8.14. The molecule has 0 heterocycles. The van der Waals surface area contributed by atoms with E-state index in [2.05, 4.69) is 24.5 Å². The van der Waals surface area contributed by atoms with E-state index in [1.807, 2.05) is 50.2 Å². The molecule has 4 nitrogen and oxygen atoms in total. The number of carbonyl (C=O) groups is 2. The van der Waals surface area contributed by atoms with Crippen LogP contribution in [-0.4, -0.2) is 11.8 Å². The number of nitrogens with one attached hydrogen (secondary N) is 2. The summed E-state index contributed by atoms with van der Waals surface area (Å²) in [5.41, 5.74) is 6.20. The third-order valence-electron chi connectivity index (χ3n) is 4.82. The van der Waals surface area contributed by atoms with Crippen LogP contribution >= 0.6 is 0 Å². The SMILES string of the molecule is CCc1cccc(C)c1NC(=O)CCCC(=O)Nc1c(C)cccc1CC.